The van der Waals surface area contributed by atoms with Gasteiger partial charge in [-0.05, 0) is 79.6 Å². The molecule has 0 spiro atoms. The van der Waals surface area contributed by atoms with E-state index in [1.165, 1.54) is 53.0 Å². The highest BCUT2D eigenvalue weighted by Gasteiger charge is 2.26. The summed E-state index contributed by atoms with van der Waals surface area (Å²) in [7, 11) is -3.72. The molecule has 31 heavy (non-hydrogen) atoms. The van der Waals surface area contributed by atoms with Crippen molar-refractivity contribution in [2.75, 3.05) is 4.90 Å². The van der Waals surface area contributed by atoms with Gasteiger partial charge < -0.3 is 4.90 Å². The first kappa shape index (κ1) is 21.2. The molecule has 0 saturated heterocycles. The van der Waals surface area contributed by atoms with Crippen LogP contribution in [-0.2, 0) is 34.1 Å². The van der Waals surface area contributed by atoms with Crippen molar-refractivity contribution in [1.29, 1.82) is 0 Å². The zero-order chi connectivity index (χ0) is 22.0. The van der Waals surface area contributed by atoms with Gasteiger partial charge in [-0.15, -0.1) is 0 Å². The second kappa shape index (κ2) is 8.61. The van der Waals surface area contributed by atoms with Gasteiger partial charge in [0.15, 0.2) is 0 Å². The SMILES string of the molecule is CC1Cc2ccc(S(N)(=O)=O)cc2N1C=O.c1ccc(-c2ccc3c(c2)CCC3)nc1. The van der Waals surface area contributed by atoms with E-state index in [0.717, 1.165) is 17.7 Å². The highest BCUT2D eigenvalue weighted by molar-refractivity contribution is 7.89. The summed E-state index contributed by atoms with van der Waals surface area (Å²) in [4.78, 5) is 16.8. The van der Waals surface area contributed by atoms with Crippen LogP contribution in [0.4, 0.5) is 5.69 Å². The summed E-state index contributed by atoms with van der Waals surface area (Å²) in [5.41, 5.74) is 6.96. The molecule has 1 aliphatic heterocycles. The lowest BCUT2D eigenvalue weighted by Crippen LogP contribution is -2.27. The zero-order valence-electron chi connectivity index (χ0n) is 17.4. The number of amides is 1. The van der Waals surface area contributed by atoms with Gasteiger partial charge in [-0.3, -0.25) is 9.78 Å². The molecule has 0 bridgehead atoms. The highest BCUT2D eigenvalue weighted by atomic mass is 32.2. The Morgan fingerprint density at radius 3 is 2.52 bits per heavy atom. The van der Waals surface area contributed by atoms with E-state index in [2.05, 4.69) is 29.2 Å². The van der Waals surface area contributed by atoms with Crippen molar-refractivity contribution in [1.82, 2.24) is 4.98 Å². The molecule has 0 radical (unpaired) electrons. The van der Waals surface area contributed by atoms with Gasteiger partial charge in [-0.25, -0.2) is 13.6 Å². The van der Waals surface area contributed by atoms with Crippen LogP contribution >= 0.6 is 0 Å². The summed E-state index contributed by atoms with van der Waals surface area (Å²) in [5, 5.41) is 5.04. The molecule has 1 atom stereocenters. The number of hydrogen-bond acceptors (Lipinski definition) is 4. The standard InChI is InChI=1S/C14H13N.C10H12N2O3S/c1-2-9-15-14(6-1)13-8-7-11-4-3-5-12(11)10-13;1-7-4-8-2-3-9(16(11,14)15)5-10(8)12(7)6-13/h1-2,6-10H,3-5H2;2-3,5-7H,4H2,1H3,(H2,11,14,15). The largest absolute Gasteiger partial charge is 0.312 e. The van der Waals surface area contributed by atoms with E-state index in [0.29, 0.717) is 12.1 Å². The molecule has 160 valence electrons. The molecule has 7 heteroatoms. The van der Waals surface area contributed by atoms with Gasteiger partial charge in [0.2, 0.25) is 16.4 Å². The molecular formula is C24H25N3O3S. The molecule has 1 aromatic heterocycles. The van der Waals surface area contributed by atoms with Crippen molar-refractivity contribution >= 4 is 22.1 Å². The molecule has 2 heterocycles. The number of carbonyl (C=O) groups is 1. The quantitative estimate of drug-likeness (QED) is 0.638. The van der Waals surface area contributed by atoms with E-state index in [9.17, 15) is 13.2 Å². The number of anilines is 1. The van der Waals surface area contributed by atoms with Crippen LogP contribution in [0.15, 0.2) is 65.7 Å². The maximum Gasteiger partial charge on any atom is 0.238 e. The Hall–Kier alpha value is -3.03. The molecule has 1 aliphatic carbocycles. The van der Waals surface area contributed by atoms with Crippen molar-refractivity contribution in [3.05, 3.63) is 77.5 Å². The molecule has 0 fully saturated rings. The van der Waals surface area contributed by atoms with Gasteiger partial charge in [0, 0.05) is 23.5 Å². The average Bonchev–Trinajstić information content (AvgIpc) is 3.36. The topological polar surface area (TPSA) is 93.4 Å². The number of aromatic nitrogens is 1. The second-order valence-electron chi connectivity index (χ2n) is 7.95. The predicted octanol–water partition coefficient (Wildman–Crippen LogP) is 3.48. The lowest BCUT2D eigenvalue weighted by atomic mass is 10.0. The summed E-state index contributed by atoms with van der Waals surface area (Å²) in [6.07, 6.45) is 7.08. The Labute approximate surface area is 182 Å². The molecule has 0 saturated carbocycles. The minimum Gasteiger partial charge on any atom is -0.312 e. The van der Waals surface area contributed by atoms with Gasteiger partial charge >= 0.3 is 0 Å². The van der Waals surface area contributed by atoms with Gasteiger partial charge in [-0.1, -0.05) is 24.3 Å². The number of fused-ring (bicyclic) bond motifs is 2. The first-order valence-corrected chi connectivity index (χ1v) is 11.8. The number of carbonyl (C=O) groups excluding carboxylic acids is 1. The predicted molar refractivity (Wildman–Crippen MR) is 121 cm³/mol. The van der Waals surface area contributed by atoms with E-state index in [1.54, 1.807) is 6.07 Å². The van der Waals surface area contributed by atoms with Crippen molar-refractivity contribution in [2.45, 2.75) is 43.5 Å². The van der Waals surface area contributed by atoms with Crippen LogP contribution in [0.1, 0.15) is 30.0 Å². The van der Waals surface area contributed by atoms with Crippen LogP contribution in [-0.4, -0.2) is 25.9 Å². The van der Waals surface area contributed by atoms with Gasteiger partial charge in [0.1, 0.15) is 0 Å². The minimum atomic E-state index is -3.72. The van der Waals surface area contributed by atoms with E-state index >= 15 is 0 Å². The lowest BCUT2D eigenvalue weighted by molar-refractivity contribution is -0.107. The summed E-state index contributed by atoms with van der Waals surface area (Å²) in [5.74, 6) is 0. The van der Waals surface area contributed by atoms with Gasteiger partial charge in [0.05, 0.1) is 10.6 Å². The van der Waals surface area contributed by atoms with Crippen molar-refractivity contribution in [3.63, 3.8) is 0 Å². The van der Waals surface area contributed by atoms with Crippen LogP contribution in [0.5, 0.6) is 0 Å². The third-order valence-corrected chi connectivity index (χ3v) is 6.74. The minimum absolute atomic E-state index is 0.0344. The molecule has 6 nitrogen and oxygen atoms in total. The number of primary sulfonamides is 1. The summed E-state index contributed by atoms with van der Waals surface area (Å²) in [6.45, 7) is 1.91. The second-order valence-corrected chi connectivity index (χ2v) is 9.51. The molecule has 2 aromatic carbocycles. The van der Waals surface area contributed by atoms with Crippen LogP contribution in [0.3, 0.4) is 0 Å². The Bertz CT molecular complexity index is 1210. The summed E-state index contributed by atoms with van der Waals surface area (Å²) < 4.78 is 22.4. The van der Waals surface area contributed by atoms with Crippen LogP contribution in [0, 0.1) is 0 Å². The van der Waals surface area contributed by atoms with Crippen molar-refractivity contribution in [3.8, 4) is 11.3 Å². The van der Waals surface area contributed by atoms with Crippen LogP contribution in [0.2, 0.25) is 0 Å². The maximum atomic E-state index is 11.2. The van der Waals surface area contributed by atoms with Crippen molar-refractivity contribution < 1.29 is 13.2 Å². The third-order valence-electron chi connectivity index (χ3n) is 5.83. The first-order valence-electron chi connectivity index (χ1n) is 10.3. The zero-order valence-corrected chi connectivity index (χ0v) is 18.2. The van der Waals surface area contributed by atoms with Crippen LogP contribution in [0.25, 0.3) is 11.3 Å². The van der Waals surface area contributed by atoms with Gasteiger partial charge in [0.25, 0.3) is 0 Å². The molecule has 1 amide bonds. The molecule has 3 aromatic rings. The number of rotatable bonds is 3. The number of pyridine rings is 1. The van der Waals surface area contributed by atoms with Gasteiger partial charge in [-0.2, -0.15) is 0 Å². The fourth-order valence-electron chi connectivity index (χ4n) is 4.21. The fourth-order valence-corrected chi connectivity index (χ4v) is 4.75. The molecule has 5 rings (SSSR count). The number of sulfonamides is 1. The lowest BCUT2D eigenvalue weighted by Gasteiger charge is -2.16. The molecular weight excluding hydrogens is 410 g/mol. The number of hydrogen-bond donors (Lipinski definition) is 1. The monoisotopic (exact) mass is 435 g/mol. The summed E-state index contributed by atoms with van der Waals surface area (Å²) in [6, 6.07) is 17.5. The smallest absolute Gasteiger partial charge is 0.238 e. The highest BCUT2D eigenvalue weighted by Crippen LogP contribution is 2.32. The van der Waals surface area contributed by atoms with E-state index in [1.807, 2.05) is 25.3 Å². The Morgan fingerprint density at radius 2 is 1.81 bits per heavy atom. The van der Waals surface area contributed by atoms with E-state index in [-0.39, 0.29) is 10.9 Å². The number of benzene rings is 2. The number of nitrogens with zero attached hydrogens (tertiary/aromatic N) is 2. The number of nitrogens with two attached hydrogens (primary N) is 1. The fraction of sp³-hybridized carbons (Fsp3) is 0.250. The Morgan fingerprint density at radius 1 is 1.03 bits per heavy atom. The average molecular weight is 436 g/mol. The number of aryl methyl sites for hydroxylation is 2. The first-order chi connectivity index (χ1) is 14.9. The van der Waals surface area contributed by atoms with E-state index in [4.69, 9.17) is 5.14 Å². The van der Waals surface area contributed by atoms with Crippen LogP contribution < -0.4 is 10.0 Å². The van der Waals surface area contributed by atoms with Crippen molar-refractivity contribution in [2.24, 2.45) is 5.14 Å². The summed E-state index contributed by atoms with van der Waals surface area (Å²) >= 11 is 0. The third kappa shape index (κ3) is 4.52. The normalized spacial score (nSPS) is 16.8. The van der Waals surface area contributed by atoms with E-state index < -0.39 is 10.0 Å². The Balaban J connectivity index is 0.000000149. The molecule has 1 unspecified atom stereocenters. The maximum absolute atomic E-state index is 11.2. The molecule has 2 aliphatic rings. The molecule has 2 N–H and O–H groups in total. The Kier molecular flexibility index (Phi) is 5.89.